The maximum atomic E-state index is 14.1. The van der Waals surface area contributed by atoms with Crippen molar-refractivity contribution in [2.24, 2.45) is 5.10 Å². The maximum Gasteiger partial charge on any atom is 0.253 e. The Kier molecular flexibility index (Phi) is 11.1. The minimum absolute atomic E-state index is 0.0576. The number of thioether (sulfide) groups is 1. The number of hydrogen-bond donors (Lipinski definition) is 1. The van der Waals surface area contributed by atoms with Gasteiger partial charge in [-0.1, -0.05) is 72.4 Å². The van der Waals surface area contributed by atoms with Crippen molar-refractivity contribution in [3.05, 3.63) is 131 Å². The largest absolute Gasteiger partial charge is 0.497 e. The summed E-state index contributed by atoms with van der Waals surface area (Å²) in [6, 6.07) is 32.0. The zero-order valence-corrected chi connectivity index (χ0v) is 28.9. The van der Waals surface area contributed by atoms with E-state index in [1.54, 1.807) is 33.5 Å². The number of benzene rings is 4. The quantitative estimate of drug-likeness (QED) is 0.142. The molecule has 0 saturated heterocycles. The third kappa shape index (κ3) is 7.81. The summed E-state index contributed by atoms with van der Waals surface area (Å²) in [6.45, 7) is 0.751. The van der Waals surface area contributed by atoms with Crippen molar-refractivity contribution in [1.29, 1.82) is 0 Å². The number of methoxy groups -OCH3 is 3. The number of hydrogen-bond acceptors (Lipinski definition) is 9. The van der Waals surface area contributed by atoms with Crippen molar-refractivity contribution in [3.8, 4) is 17.2 Å². The molecular formula is C38H38N6O5S. The Hall–Kier alpha value is -5.62. The Morgan fingerprint density at radius 3 is 2.28 bits per heavy atom. The molecule has 1 aromatic heterocycles. The lowest BCUT2D eigenvalue weighted by Gasteiger charge is -2.24. The van der Waals surface area contributed by atoms with Crippen LogP contribution in [-0.4, -0.2) is 64.4 Å². The lowest BCUT2D eigenvalue weighted by molar-refractivity contribution is -0.130. The molecule has 0 bridgehead atoms. The molecule has 50 heavy (non-hydrogen) atoms. The zero-order chi connectivity index (χ0) is 34.9. The summed E-state index contributed by atoms with van der Waals surface area (Å²) in [4.78, 5) is 26.9. The Bertz CT molecular complexity index is 1950. The Morgan fingerprint density at radius 1 is 0.840 bits per heavy atom. The van der Waals surface area contributed by atoms with E-state index in [4.69, 9.17) is 19.3 Å². The molecule has 0 saturated carbocycles. The van der Waals surface area contributed by atoms with Crippen molar-refractivity contribution < 1.29 is 23.8 Å². The average molecular weight is 691 g/mol. The van der Waals surface area contributed by atoms with E-state index in [0.29, 0.717) is 41.0 Å². The van der Waals surface area contributed by atoms with E-state index in [1.807, 2.05) is 83.4 Å². The first kappa shape index (κ1) is 34.3. The number of nitrogens with zero attached hydrogens (tertiary/aromatic N) is 5. The van der Waals surface area contributed by atoms with Gasteiger partial charge in [0.2, 0.25) is 0 Å². The van der Waals surface area contributed by atoms with E-state index in [0.717, 1.165) is 34.6 Å². The highest BCUT2D eigenvalue weighted by Gasteiger charge is 2.36. The van der Waals surface area contributed by atoms with Gasteiger partial charge in [-0.3, -0.25) is 9.59 Å². The second kappa shape index (κ2) is 16.2. The molecule has 0 radical (unpaired) electrons. The highest BCUT2D eigenvalue weighted by molar-refractivity contribution is 7.99. The van der Waals surface area contributed by atoms with E-state index < -0.39 is 6.04 Å². The van der Waals surface area contributed by atoms with Crippen molar-refractivity contribution in [3.63, 3.8) is 0 Å². The van der Waals surface area contributed by atoms with Crippen LogP contribution in [0.2, 0.25) is 0 Å². The Balaban J connectivity index is 1.25. The van der Waals surface area contributed by atoms with Crippen LogP contribution >= 0.6 is 11.8 Å². The third-order valence-corrected chi connectivity index (χ3v) is 9.36. The molecule has 2 amide bonds. The molecule has 2 heterocycles. The SMILES string of the molecule is COc1ccc(C2=NN(C(=O)CSc3nnc(CNC(=O)c4ccccc4)n3CCc3ccccc3)[C@@H](c3cccc(OC)c3OC)C2)cc1. The van der Waals surface area contributed by atoms with Crippen LogP contribution in [0.4, 0.5) is 0 Å². The first-order valence-electron chi connectivity index (χ1n) is 16.2. The Morgan fingerprint density at radius 2 is 1.58 bits per heavy atom. The summed E-state index contributed by atoms with van der Waals surface area (Å²) < 4.78 is 18.7. The fraction of sp³-hybridized carbons (Fsp3) is 0.237. The van der Waals surface area contributed by atoms with Gasteiger partial charge in [0, 0.05) is 24.1 Å². The molecule has 1 atom stereocenters. The van der Waals surface area contributed by atoms with Gasteiger partial charge in [0.05, 0.1) is 45.4 Å². The van der Waals surface area contributed by atoms with Gasteiger partial charge in [-0.05, 0) is 60.0 Å². The fourth-order valence-corrected chi connectivity index (χ4v) is 6.66. The lowest BCUT2D eigenvalue weighted by atomic mass is 9.97. The first-order chi connectivity index (χ1) is 24.5. The highest BCUT2D eigenvalue weighted by atomic mass is 32.2. The molecule has 6 rings (SSSR count). The molecule has 0 aliphatic carbocycles. The second-order valence-corrected chi connectivity index (χ2v) is 12.4. The summed E-state index contributed by atoms with van der Waals surface area (Å²) in [5.41, 5.74) is 4.16. The molecule has 1 aliphatic rings. The number of rotatable bonds is 14. The highest BCUT2D eigenvalue weighted by Crippen LogP contribution is 2.42. The molecular weight excluding hydrogens is 653 g/mol. The monoisotopic (exact) mass is 690 g/mol. The molecule has 0 fully saturated rings. The molecule has 12 heteroatoms. The average Bonchev–Trinajstić information content (AvgIpc) is 3.80. The lowest BCUT2D eigenvalue weighted by Crippen LogP contribution is -2.29. The van der Waals surface area contributed by atoms with Crippen LogP contribution in [0.5, 0.6) is 17.2 Å². The minimum atomic E-state index is -0.426. The van der Waals surface area contributed by atoms with E-state index >= 15 is 0 Å². The van der Waals surface area contributed by atoms with Crippen LogP contribution in [0.15, 0.2) is 113 Å². The summed E-state index contributed by atoms with van der Waals surface area (Å²) in [5, 5.41) is 18.8. The standard InChI is InChI=1S/C38H38N6O5S/c1-47-29-19-17-27(18-20-29)31-23-32(30-15-10-16-33(48-2)36(30)49-3)44(42-31)35(45)25-50-38-41-40-34(24-39-37(46)28-13-8-5-9-14-28)43(38)22-21-26-11-6-4-7-12-26/h4-20,32H,21-25H2,1-3H3,(H,39,46)/t32-/m1/s1. The zero-order valence-electron chi connectivity index (χ0n) is 28.1. The minimum Gasteiger partial charge on any atom is -0.497 e. The van der Waals surface area contributed by atoms with Crippen LogP contribution < -0.4 is 19.5 Å². The summed E-state index contributed by atoms with van der Waals surface area (Å²) >= 11 is 1.29. The number of carbonyl (C=O) groups excluding carboxylic acids is 2. The van der Waals surface area contributed by atoms with Crippen LogP contribution in [0.25, 0.3) is 0 Å². The van der Waals surface area contributed by atoms with Gasteiger partial charge in [-0.2, -0.15) is 5.10 Å². The van der Waals surface area contributed by atoms with Gasteiger partial charge in [-0.25, -0.2) is 5.01 Å². The molecule has 5 aromatic rings. The number of hydrazone groups is 1. The number of para-hydroxylation sites is 1. The molecule has 0 unspecified atom stereocenters. The normalized spacial score (nSPS) is 13.9. The van der Waals surface area contributed by atoms with Crippen molar-refractivity contribution in [2.45, 2.75) is 37.1 Å². The predicted octanol–water partition coefficient (Wildman–Crippen LogP) is 5.95. The summed E-state index contributed by atoms with van der Waals surface area (Å²) in [6.07, 6.45) is 1.20. The molecule has 0 spiro atoms. The fourth-order valence-electron chi connectivity index (χ4n) is 5.82. The van der Waals surface area contributed by atoms with Gasteiger partial charge >= 0.3 is 0 Å². The smallest absolute Gasteiger partial charge is 0.253 e. The topological polar surface area (TPSA) is 120 Å². The maximum absolute atomic E-state index is 14.1. The predicted molar refractivity (Wildman–Crippen MR) is 192 cm³/mol. The number of carbonyl (C=O) groups is 2. The second-order valence-electron chi connectivity index (χ2n) is 11.4. The number of ether oxygens (including phenoxy) is 3. The van der Waals surface area contributed by atoms with Gasteiger partial charge in [0.15, 0.2) is 22.5 Å². The van der Waals surface area contributed by atoms with Crippen LogP contribution in [0, 0.1) is 0 Å². The summed E-state index contributed by atoms with van der Waals surface area (Å²) in [5.74, 6) is 2.11. The molecule has 11 nitrogen and oxygen atoms in total. The molecule has 4 aromatic carbocycles. The van der Waals surface area contributed by atoms with E-state index in [-0.39, 0.29) is 24.1 Å². The van der Waals surface area contributed by atoms with Crippen LogP contribution in [0.3, 0.4) is 0 Å². The van der Waals surface area contributed by atoms with Gasteiger partial charge < -0.3 is 24.1 Å². The molecule has 1 N–H and O–H groups in total. The summed E-state index contributed by atoms with van der Waals surface area (Å²) in [7, 11) is 4.80. The molecule has 256 valence electrons. The number of amides is 2. The van der Waals surface area contributed by atoms with Crippen LogP contribution in [-0.2, 0) is 24.3 Å². The van der Waals surface area contributed by atoms with Gasteiger partial charge in [0.25, 0.3) is 11.8 Å². The van der Waals surface area contributed by atoms with Crippen molar-refractivity contribution in [2.75, 3.05) is 27.1 Å². The number of nitrogens with one attached hydrogen (secondary N) is 1. The number of aryl methyl sites for hydroxylation is 1. The first-order valence-corrected chi connectivity index (χ1v) is 17.1. The van der Waals surface area contributed by atoms with E-state index in [1.165, 1.54) is 16.8 Å². The number of aromatic nitrogens is 3. The van der Waals surface area contributed by atoms with Gasteiger partial charge in [-0.15, -0.1) is 10.2 Å². The van der Waals surface area contributed by atoms with Crippen LogP contribution in [0.1, 0.15) is 45.3 Å². The van der Waals surface area contributed by atoms with E-state index in [9.17, 15) is 9.59 Å². The van der Waals surface area contributed by atoms with Gasteiger partial charge in [0.1, 0.15) is 5.75 Å². The Labute approximate surface area is 295 Å². The van der Waals surface area contributed by atoms with E-state index in [2.05, 4.69) is 27.6 Å². The van der Waals surface area contributed by atoms with Crippen molar-refractivity contribution >= 4 is 29.3 Å². The molecule has 1 aliphatic heterocycles. The third-order valence-electron chi connectivity index (χ3n) is 8.41. The van der Waals surface area contributed by atoms with Crippen molar-refractivity contribution in [1.82, 2.24) is 25.1 Å².